The van der Waals surface area contributed by atoms with E-state index in [4.69, 9.17) is 0 Å². The second-order valence-corrected chi connectivity index (χ2v) is 4.14. The van der Waals surface area contributed by atoms with Gasteiger partial charge >= 0.3 is 0 Å². The minimum Gasteiger partial charge on any atom is -0.508 e. The summed E-state index contributed by atoms with van der Waals surface area (Å²) in [6.45, 7) is 3.63. The van der Waals surface area contributed by atoms with Crippen LogP contribution >= 0.6 is 0 Å². The molecule has 0 aliphatic carbocycles. The number of hydrogen-bond donors (Lipinski definition) is 2. The quantitative estimate of drug-likeness (QED) is 0.851. The first kappa shape index (κ1) is 12.1. The second-order valence-electron chi connectivity index (χ2n) is 4.14. The predicted octanol–water partition coefficient (Wildman–Crippen LogP) is 2.66. The molecular formula is C14H14N2O2. The number of nitrogens with one attached hydrogen (secondary N) is 1. The number of aromatic hydroxyl groups is 1. The highest BCUT2D eigenvalue weighted by Gasteiger charge is 2.07. The molecule has 4 nitrogen and oxygen atoms in total. The Morgan fingerprint density at radius 3 is 2.61 bits per heavy atom. The van der Waals surface area contributed by atoms with E-state index < -0.39 is 0 Å². The van der Waals surface area contributed by atoms with Gasteiger partial charge in [-0.3, -0.25) is 9.78 Å². The van der Waals surface area contributed by atoms with Gasteiger partial charge in [0.2, 0.25) is 0 Å². The van der Waals surface area contributed by atoms with E-state index in [0.29, 0.717) is 16.8 Å². The number of phenols is 1. The number of hydrogen-bond acceptors (Lipinski definition) is 3. The Morgan fingerprint density at radius 1 is 1.22 bits per heavy atom. The number of anilines is 1. The molecule has 1 aromatic heterocycles. The number of phenolic OH excluding ortho intramolecular Hbond substituents is 1. The molecule has 0 spiro atoms. The smallest absolute Gasteiger partial charge is 0.255 e. The molecule has 1 heterocycles. The highest BCUT2D eigenvalue weighted by Crippen LogP contribution is 2.18. The Kier molecular flexibility index (Phi) is 3.28. The molecule has 4 heteroatoms. The van der Waals surface area contributed by atoms with Crippen LogP contribution < -0.4 is 5.32 Å². The molecule has 0 aliphatic heterocycles. The number of carbonyl (C=O) groups is 1. The van der Waals surface area contributed by atoms with Crippen LogP contribution in [0.15, 0.2) is 36.5 Å². The molecule has 92 valence electrons. The first-order chi connectivity index (χ1) is 8.56. The lowest BCUT2D eigenvalue weighted by Gasteiger charge is -2.06. The molecule has 0 bridgehead atoms. The lowest BCUT2D eigenvalue weighted by atomic mass is 10.1. The van der Waals surface area contributed by atoms with Crippen molar-refractivity contribution in [2.75, 3.05) is 5.32 Å². The van der Waals surface area contributed by atoms with Crippen LogP contribution in [0.25, 0.3) is 0 Å². The monoisotopic (exact) mass is 242 g/mol. The first-order valence-electron chi connectivity index (χ1n) is 5.60. The van der Waals surface area contributed by atoms with Crippen molar-refractivity contribution in [3.8, 4) is 5.75 Å². The number of benzene rings is 1. The minimum absolute atomic E-state index is 0.184. The molecule has 2 rings (SSSR count). The number of amides is 1. The normalized spacial score (nSPS) is 10.1. The molecule has 0 saturated carbocycles. The van der Waals surface area contributed by atoms with Crippen molar-refractivity contribution in [3.05, 3.63) is 53.3 Å². The average molecular weight is 242 g/mol. The van der Waals surface area contributed by atoms with Gasteiger partial charge < -0.3 is 10.4 Å². The maximum Gasteiger partial charge on any atom is 0.255 e. The molecule has 0 radical (unpaired) electrons. The van der Waals surface area contributed by atoms with Crippen molar-refractivity contribution in [1.82, 2.24) is 4.98 Å². The summed E-state index contributed by atoms with van der Waals surface area (Å²) in [4.78, 5) is 16.0. The molecular weight excluding hydrogens is 228 g/mol. The van der Waals surface area contributed by atoms with E-state index in [-0.39, 0.29) is 11.7 Å². The van der Waals surface area contributed by atoms with Crippen LogP contribution in [-0.2, 0) is 0 Å². The van der Waals surface area contributed by atoms with E-state index >= 15 is 0 Å². The molecule has 18 heavy (non-hydrogen) atoms. The molecule has 2 N–H and O–H groups in total. The Morgan fingerprint density at radius 2 is 2.00 bits per heavy atom. The third kappa shape index (κ3) is 2.66. The van der Waals surface area contributed by atoms with Gasteiger partial charge in [0.15, 0.2) is 0 Å². The second kappa shape index (κ2) is 4.87. The van der Waals surface area contributed by atoms with Crippen LogP contribution in [-0.4, -0.2) is 16.0 Å². The number of carbonyl (C=O) groups excluding carboxylic acids is 1. The van der Waals surface area contributed by atoms with E-state index in [2.05, 4.69) is 10.3 Å². The minimum atomic E-state index is -0.219. The third-order valence-electron chi connectivity index (χ3n) is 2.63. The van der Waals surface area contributed by atoms with E-state index in [1.807, 2.05) is 13.0 Å². The van der Waals surface area contributed by atoms with Gasteiger partial charge in [-0.2, -0.15) is 0 Å². The SMILES string of the molecule is Cc1ccc(NC(=O)c2ccc(O)c(C)c2)cn1. The van der Waals surface area contributed by atoms with Gasteiger partial charge in [0, 0.05) is 11.3 Å². The summed E-state index contributed by atoms with van der Waals surface area (Å²) in [6.07, 6.45) is 1.61. The highest BCUT2D eigenvalue weighted by atomic mass is 16.3. The van der Waals surface area contributed by atoms with E-state index in [0.717, 1.165) is 5.69 Å². The maximum atomic E-state index is 11.9. The van der Waals surface area contributed by atoms with Crippen LogP contribution in [0.4, 0.5) is 5.69 Å². The maximum absolute atomic E-state index is 11.9. The van der Waals surface area contributed by atoms with Crippen LogP contribution in [0, 0.1) is 13.8 Å². The van der Waals surface area contributed by atoms with Gasteiger partial charge in [-0.05, 0) is 49.7 Å². The average Bonchev–Trinajstić information content (AvgIpc) is 2.35. The van der Waals surface area contributed by atoms with Crippen molar-refractivity contribution < 1.29 is 9.90 Å². The molecule has 0 atom stereocenters. The summed E-state index contributed by atoms with van der Waals surface area (Å²) in [5.41, 5.74) is 2.72. The zero-order chi connectivity index (χ0) is 13.1. The van der Waals surface area contributed by atoms with Gasteiger partial charge in [-0.1, -0.05) is 0 Å². The van der Waals surface area contributed by atoms with Crippen LogP contribution in [0.5, 0.6) is 5.75 Å². The number of rotatable bonds is 2. The third-order valence-corrected chi connectivity index (χ3v) is 2.63. The summed E-state index contributed by atoms with van der Waals surface area (Å²) in [5.74, 6) is -0.0349. The predicted molar refractivity (Wildman–Crippen MR) is 69.8 cm³/mol. The lowest BCUT2D eigenvalue weighted by molar-refractivity contribution is 0.102. The summed E-state index contributed by atoms with van der Waals surface area (Å²) in [5, 5.41) is 12.2. The summed E-state index contributed by atoms with van der Waals surface area (Å²) in [7, 11) is 0. The fraction of sp³-hybridized carbons (Fsp3) is 0.143. The Bertz CT molecular complexity index is 577. The summed E-state index contributed by atoms with van der Waals surface area (Å²) >= 11 is 0. The Hall–Kier alpha value is -2.36. The van der Waals surface area contributed by atoms with E-state index in [9.17, 15) is 9.90 Å². The number of nitrogens with zero attached hydrogens (tertiary/aromatic N) is 1. The molecule has 0 unspecified atom stereocenters. The molecule has 0 saturated heterocycles. The molecule has 1 amide bonds. The summed E-state index contributed by atoms with van der Waals surface area (Å²) < 4.78 is 0. The zero-order valence-corrected chi connectivity index (χ0v) is 10.3. The van der Waals surface area contributed by atoms with Gasteiger partial charge in [-0.15, -0.1) is 0 Å². The van der Waals surface area contributed by atoms with Crippen molar-refractivity contribution in [3.63, 3.8) is 0 Å². The van der Waals surface area contributed by atoms with Crippen molar-refractivity contribution in [1.29, 1.82) is 0 Å². The van der Waals surface area contributed by atoms with Crippen LogP contribution in [0.3, 0.4) is 0 Å². The molecule has 2 aromatic rings. The van der Waals surface area contributed by atoms with Crippen molar-refractivity contribution >= 4 is 11.6 Å². The van der Waals surface area contributed by atoms with Gasteiger partial charge in [0.25, 0.3) is 5.91 Å². The standard InChI is InChI=1S/C14H14N2O2/c1-9-7-11(4-6-13(9)17)14(18)16-12-5-3-10(2)15-8-12/h3-8,17H,1-2H3,(H,16,18). The first-order valence-corrected chi connectivity index (χ1v) is 5.60. The fourth-order valence-electron chi connectivity index (χ4n) is 1.54. The zero-order valence-electron chi connectivity index (χ0n) is 10.3. The van der Waals surface area contributed by atoms with Gasteiger partial charge in [0.05, 0.1) is 11.9 Å². The van der Waals surface area contributed by atoms with Crippen molar-refractivity contribution in [2.24, 2.45) is 0 Å². The summed E-state index contributed by atoms with van der Waals surface area (Å²) in [6, 6.07) is 8.37. The molecule has 1 aromatic carbocycles. The molecule has 0 fully saturated rings. The number of aryl methyl sites for hydroxylation is 2. The topological polar surface area (TPSA) is 62.2 Å². The number of aromatic nitrogens is 1. The van der Waals surface area contributed by atoms with Crippen LogP contribution in [0.1, 0.15) is 21.6 Å². The van der Waals surface area contributed by atoms with Crippen LogP contribution in [0.2, 0.25) is 0 Å². The van der Waals surface area contributed by atoms with E-state index in [1.54, 1.807) is 31.3 Å². The van der Waals surface area contributed by atoms with Gasteiger partial charge in [-0.25, -0.2) is 0 Å². The number of pyridine rings is 1. The largest absolute Gasteiger partial charge is 0.508 e. The fourth-order valence-corrected chi connectivity index (χ4v) is 1.54. The Labute approximate surface area is 105 Å². The van der Waals surface area contributed by atoms with Crippen molar-refractivity contribution in [2.45, 2.75) is 13.8 Å². The van der Waals surface area contributed by atoms with E-state index in [1.165, 1.54) is 6.07 Å². The lowest BCUT2D eigenvalue weighted by Crippen LogP contribution is -2.12. The van der Waals surface area contributed by atoms with Gasteiger partial charge in [0.1, 0.15) is 5.75 Å². The Balaban J connectivity index is 2.16. The molecule has 0 aliphatic rings. The highest BCUT2D eigenvalue weighted by molar-refractivity contribution is 6.04.